The molecule has 0 aliphatic carbocycles. The molecule has 3 nitrogen and oxygen atoms in total. The van der Waals surface area contributed by atoms with Crippen LogP contribution in [0, 0.1) is 0 Å². The van der Waals surface area contributed by atoms with E-state index in [0.29, 0.717) is 0 Å². The van der Waals surface area contributed by atoms with Crippen LogP contribution in [0.15, 0.2) is 17.6 Å². The third-order valence-electron chi connectivity index (χ3n) is 1.33. The lowest BCUT2D eigenvalue weighted by Crippen LogP contribution is -2.07. The van der Waals surface area contributed by atoms with E-state index in [4.69, 9.17) is 0 Å². The molecular weight excluding hydrogens is 160 g/mol. The molecule has 0 aromatic carbocycles. The number of carbonyl (C=O) groups excluding carboxylic acids is 1. The summed E-state index contributed by atoms with van der Waals surface area (Å²) in [6.07, 6.45) is 3.42. The maximum atomic E-state index is 10.8. The molecule has 0 aliphatic heterocycles. The van der Waals surface area contributed by atoms with E-state index in [1.807, 2.05) is 6.92 Å². The van der Waals surface area contributed by atoms with E-state index in [1.165, 1.54) is 11.8 Å². The number of carbonyl (C=O) groups is 1. The van der Waals surface area contributed by atoms with E-state index >= 15 is 0 Å². The van der Waals surface area contributed by atoms with Crippen LogP contribution in [-0.4, -0.2) is 21.0 Å². The monoisotopic (exact) mass is 170 g/mol. The molecule has 0 saturated carbocycles. The Kier molecular flexibility index (Phi) is 2.70. The molecule has 1 atom stereocenters. The fourth-order valence-electron chi connectivity index (χ4n) is 0.566. The number of rotatable bonds is 3. The first kappa shape index (κ1) is 8.33. The fraction of sp³-hybridized carbons (Fsp3) is 0.429. The van der Waals surface area contributed by atoms with E-state index in [2.05, 4.69) is 9.97 Å². The molecule has 4 heteroatoms. The highest BCUT2D eigenvalue weighted by Crippen LogP contribution is 2.18. The number of thioether (sulfide) groups is 1. The van der Waals surface area contributed by atoms with Crippen molar-refractivity contribution in [2.75, 3.05) is 0 Å². The van der Waals surface area contributed by atoms with E-state index in [1.54, 1.807) is 19.3 Å². The summed E-state index contributed by atoms with van der Waals surface area (Å²) in [5, 5.41) is 0.786. The van der Waals surface area contributed by atoms with Crippen LogP contribution in [0.2, 0.25) is 0 Å². The van der Waals surface area contributed by atoms with Crippen LogP contribution in [-0.2, 0) is 4.79 Å². The van der Waals surface area contributed by atoms with Crippen molar-refractivity contribution in [1.82, 2.24) is 9.97 Å². The van der Waals surface area contributed by atoms with Gasteiger partial charge in [0.2, 0.25) is 0 Å². The van der Waals surface area contributed by atoms with Gasteiger partial charge >= 0.3 is 0 Å². The second-order valence-electron chi connectivity index (χ2n) is 2.27. The van der Waals surface area contributed by atoms with Crippen LogP contribution >= 0.6 is 11.8 Å². The van der Waals surface area contributed by atoms with Crippen molar-refractivity contribution in [2.24, 2.45) is 0 Å². The second kappa shape index (κ2) is 3.57. The predicted molar refractivity (Wildman–Crippen MR) is 44.6 cm³/mol. The number of H-pyrrole nitrogens is 1. The Labute approximate surface area is 69.6 Å². The zero-order valence-electron chi connectivity index (χ0n) is 6.50. The Bertz CT molecular complexity index is 233. The Balaban J connectivity index is 2.50. The largest absolute Gasteiger partial charge is 0.340 e. The van der Waals surface area contributed by atoms with Gasteiger partial charge in [-0.15, -0.1) is 0 Å². The topological polar surface area (TPSA) is 45.8 Å². The number of hydrogen-bond acceptors (Lipinski definition) is 3. The fourth-order valence-corrected chi connectivity index (χ4v) is 1.32. The lowest BCUT2D eigenvalue weighted by Gasteiger charge is -2.02. The number of Topliss-reactive ketones (excluding diaryl/α,β-unsaturated/α-hetero) is 1. The number of aromatic nitrogens is 2. The lowest BCUT2D eigenvalue weighted by atomic mass is 10.3. The van der Waals surface area contributed by atoms with E-state index in [0.717, 1.165) is 5.16 Å². The zero-order valence-corrected chi connectivity index (χ0v) is 7.31. The molecule has 1 unspecified atom stereocenters. The van der Waals surface area contributed by atoms with Gasteiger partial charge in [-0.3, -0.25) is 4.79 Å². The SMILES string of the molecule is CC(=O)C(C)Sc1ncc[nH]1. The minimum atomic E-state index is -0.0128. The van der Waals surface area contributed by atoms with Gasteiger partial charge in [0, 0.05) is 12.4 Å². The van der Waals surface area contributed by atoms with Crippen molar-refractivity contribution in [1.29, 1.82) is 0 Å². The molecule has 0 amide bonds. The van der Waals surface area contributed by atoms with Crippen LogP contribution < -0.4 is 0 Å². The first-order chi connectivity index (χ1) is 5.20. The highest BCUT2D eigenvalue weighted by Gasteiger charge is 2.09. The van der Waals surface area contributed by atoms with Crippen molar-refractivity contribution in [2.45, 2.75) is 24.3 Å². The third kappa shape index (κ3) is 2.38. The average Bonchev–Trinajstić information content (AvgIpc) is 2.39. The normalized spacial score (nSPS) is 12.9. The molecule has 1 N–H and O–H groups in total. The summed E-state index contributed by atoms with van der Waals surface area (Å²) in [7, 11) is 0. The molecule has 0 spiro atoms. The van der Waals surface area contributed by atoms with Gasteiger partial charge in [-0.2, -0.15) is 0 Å². The highest BCUT2D eigenvalue weighted by molar-refractivity contribution is 8.00. The number of nitrogens with zero attached hydrogens (tertiary/aromatic N) is 1. The molecule has 0 saturated heterocycles. The number of aromatic amines is 1. The van der Waals surface area contributed by atoms with Crippen molar-refractivity contribution in [3.8, 4) is 0 Å². The first-order valence-corrected chi connectivity index (χ1v) is 4.24. The summed E-state index contributed by atoms with van der Waals surface area (Å²) in [6, 6.07) is 0. The third-order valence-corrected chi connectivity index (χ3v) is 2.47. The van der Waals surface area contributed by atoms with Gasteiger partial charge in [0.15, 0.2) is 5.16 Å². The van der Waals surface area contributed by atoms with Gasteiger partial charge in [-0.1, -0.05) is 11.8 Å². The van der Waals surface area contributed by atoms with Crippen LogP contribution in [0.3, 0.4) is 0 Å². The Morgan fingerprint density at radius 2 is 2.55 bits per heavy atom. The summed E-state index contributed by atoms with van der Waals surface area (Å²) < 4.78 is 0. The number of imidazole rings is 1. The van der Waals surface area contributed by atoms with E-state index < -0.39 is 0 Å². The number of hydrogen-bond donors (Lipinski definition) is 1. The minimum Gasteiger partial charge on any atom is -0.340 e. The molecule has 60 valence electrons. The number of nitrogens with one attached hydrogen (secondary N) is 1. The number of ketones is 1. The molecule has 1 heterocycles. The molecular formula is C7H10N2OS. The smallest absolute Gasteiger partial charge is 0.165 e. The van der Waals surface area contributed by atoms with Gasteiger partial charge in [0.05, 0.1) is 5.25 Å². The molecule has 0 bridgehead atoms. The maximum absolute atomic E-state index is 10.8. The summed E-state index contributed by atoms with van der Waals surface area (Å²) in [4.78, 5) is 17.7. The van der Waals surface area contributed by atoms with Crippen LogP contribution in [0.25, 0.3) is 0 Å². The van der Waals surface area contributed by atoms with Gasteiger partial charge < -0.3 is 4.98 Å². The quantitative estimate of drug-likeness (QED) is 0.699. The maximum Gasteiger partial charge on any atom is 0.165 e. The predicted octanol–water partition coefficient (Wildman–Crippen LogP) is 1.48. The van der Waals surface area contributed by atoms with Crippen LogP contribution in [0.5, 0.6) is 0 Å². The Morgan fingerprint density at radius 3 is 3.00 bits per heavy atom. The second-order valence-corrected chi connectivity index (χ2v) is 3.59. The van der Waals surface area contributed by atoms with E-state index in [9.17, 15) is 4.79 Å². The summed E-state index contributed by atoms with van der Waals surface area (Å²) >= 11 is 1.44. The summed E-state index contributed by atoms with van der Waals surface area (Å²) in [5.41, 5.74) is 0. The summed E-state index contributed by atoms with van der Waals surface area (Å²) in [6.45, 7) is 3.45. The van der Waals surface area contributed by atoms with Crippen LogP contribution in [0.1, 0.15) is 13.8 Å². The van der Waals surface area contributed by atoms with Gasteiger partial charge in [-0.05, 0) is 13.8 Å². The van der Waals surface area contributed by atoms with Crippen molar-refractivity contribution in [3.63, 3.8) is 0 Å². The molecule has 1 rings (SSSR count). The zero-order chi connectivity index (χ0) is 8.27. The molecule has 1 aromatic rings. The van der Waals surface area contributed by atoms with Crippen molar-refractivity contribution in [3.05, 3.63) is 12.4 Å². The molecule has 0 aliphatic rings. The van der Waals surface area contributed by atoms with Gasteiger partial charge in [0.1, 0.15) is 5.78 Å². The first-order valence-electron chi connectivity index (χ1n) is 3.36. The van der Waals surface area contributed by atoms with Gasteiger partial charge in [-0.25, -0.2) is 4.98 Å². The van der Waals surface area contributed by atoms with Crippen molar-refractivity contribution < 1.29 is 4.79 Å². The van der Waals surface area contributed by atoms with Gasteiger partial charge in [0.25, 0.3) is 0 Å². The molecule has 0 fully saturated rings. The Hall–Kier alpha value is -0.770. The van der Waals surface area contributed by atoms with Crippen LogP contribution in [0.4, 0.5) is 0 Å². The van der Waals surface area contributed by atoms with Crippen molar-refractivity contribution >= 4 is 17.5 Å². The standard InChI is InChI=1S/C7H10N2OS/c1-5(10)6(2)11-7-8-3-4-9-7/h3-4,6H,1-2H3,(H,8,9). The summed E-state index contributed by atoms with van der Waals surface area (Å²) in [5.74, 6) is 0.173. The minimum absolute atomic E-state index is 0.0128. The molecule has 11 heavy (non-hydrogen) atoms. The average molecular weight is 170 g/mol. The Morgan fingerprint density at radius 1 is 1.82 bits per heavy atom. The highest BCUT2D eigenvalue weighted by atomic mass is 32.2. The molecule has 0 radical (unpaired) electrons. The lowest BCUT2D eigenvalue weighted by molar-refractivity contribution is -0.116. The molecule has 1 aromatic heterocycles. The van der Waals surface area contributed by atoms with E-state index in [-0.39, 0.29) is 11.0 Å².